The molecule has 1 aromatic rings. The van der Waals surface area contributed by atoms with Gasteiger partial charge in [0, 0.05) is 26.2 Å². The smallest absolute Gasteiger partial charge is 0.320 e. The van der Waals surface area contributed by atoms with Crippen molar-refractivity contribution in [2.75, 3.05) is 26.2 Å². The Morgan fingerprint density at radius 3 is 2.45 bits per heavy atom. The number of nitrogens with zero attached hydrogens (tertiary/aromatic N) is 2. The van der Waals surface area contributed by atoms with E-state index in [1.807, 2.05) is 11.8 Å². The summed E-state index contributed by atoms with van der Waals surface area (Å²) in [5.41, 5.74) is 0.266. The van der Waals surface area contributed by atoms with Crippen molar-refractivity contribution < 1.29 is 19.1 Å². The molecule has 0 aromatic heterocycles. The van der Waals surface area contributed by atoms with E-state index < -0.39 is 17.8 Å². The van der Waals surface area contributed by atoms with Crippen LogP contribution in [0.2, 0.25) is 5.02 Å². The van der Waals surface area contributed by atoms with E-state index in [1.54, 1.807) is 4.90 Å². The first-order chi connectivity index (χ1) is 10.4. The third-order valence-electron chi connectivity index (χ3n) is 3.88. The van der Waals surface area contributed by atoms with Crippen molar-refractivity contribution in [3.05, 3.63) is 34.6 Å². The molecule has 1 saturated heterocycles. The van der Waals surface area contributed by atoms with Crippen molar-refractivity contribution in [1.29, 1.82) is 0 Å². The second kappa shape index (κ2) is 7.07. The molecule has 1 aliphatic rings. The van der Waals surface area contributed by atoms with Crippen LogP contribution in [0.15, 0.2) is 18.2 Å². The molecule has 0 radical (unpaired) electrons. The number of carboxylic acid groups (broad SMARTS) is 1. The molecule has 1 aliphatic heterocycles. The van der Waals surface area contributed by atoms with Gasteiger partial charge in [-0.15, -0.1) is 0 Å². The lowest BCUT2D eigenvalue weighted by atomic mass is 10.1. The standard InChI is InChI=1S/C15H18ClFN2O3/c1-2-13(15(21)22)18-5-7-19(8-6-18)14(20)11-4-3-10(17)9-12(11)16/h3-4,9,13H,2,5-8H2,1H3,(H,21,22). The SMILES string of the molecule is CCC(C(=O)O)N1CCN(C(=O)c2ccc(F)cc2Cl)CC1. The van der Waals surface area contributed by atoms with Crippen LogP contribution < -0.4 is 0 Å². The molecule has 0 bridgehead atoms. The van der Waals surface area contributed by atoms with E-state index in [4.69, 9.17) is 16.7 Å². The zero-order valence-electron chi connectivity index (χ0n) is 12.3. The van der Waals surface area contributed by atoms with Crippen LogP contribution in [0.1, 0.15) is 23.7 Å². The Balaban J connectivity index is 2.02. The minimum atomic E-state index is -0.844. The molecule has 7 heteroatoms. The van der Waals surface area contributed by atoms with Gasteiger partial charge in [0.15, 0.2) is 0 Å². The molecule has 1 N–H and O–H groups in total. The highest BCUT2D eigenvalue weighted by Gasteiger charge is 2.29. The molecule has 1 fully saturated rings. The molecule has 5 nitrogen and oxygen atoms in total. The number of benzene rings is 1. The number of rotatable bonds is 4. The van der Waals surface area contributed by atoms with Gasteiger partial charge in [0.05, 0.1) is 10.6 Å². The molecule has 0 saturated carbocycles. The Morgan fingerprint density at radius 1 is 1.32 bits per heavy atom. The fourth-order valence-electron chi connectivity index (χ4n) is 2.66. The highest BCUT2D eigenvalue weighted by atomic mass is 35.5. The van der Waals surface area contributed by atoms with Crippen LogP contribution in [0.25, 0.3) is 0 Å². The van der Waals surface area contributed by atoms with Crippen LogP contribution >= 0.6 is 11.6 Å². The Morgan fingerprint density at radius 2 is 1.95 bits per heavy atom. The Labute approximate surface area is 133 Å². The van der Waals surface area contributed by atoms with Gasteiger partial charge in [-0.1, -0.05) is 18.5 Å². The van der Waals surface area contributed by atoms with Gasteiger partial charge in [0.1, 0.15) is 11.9 Å². The molecule has 0 spiro atoms. The Kier molecular flexibility index (Phi) is 5.37. The number of carboxylic acids is 1. The summed E-state index contributed by atoms with van der Waals surface area (Å²) in [7, 11) is 0. The van der Waals surface area contributed by atoms with Gasteiger partial charge < -0.3 is 10.0 Å². The minimum Gasteiger partial charge on any atom is -0.480 e. The van der Waals surface area contributed by atoms with E-state index in [9.17, 15) is 14.0 Å². The summed E-state index contributed by atoms with van der Waals surface area (Å²) in [5, 5.41) is 9.25. The lowest BCUT2D eigenvalue weighted by Crippen LogP contribution is -2.53. The van der Waals surface area contributed by atoms with Crippen molar-refractivity contribution in [1.82, 2.24) is 9.80 Å². The van der Waals surface area contributed by atoms with Gasteiger partial charge in [0.2, 0.25) is 0 Å². The van der Waals surface area contributed by atoms with Crippen LogP contribution in [0, 0.1) is 5.82 Å². The van der Waals surface area contributed by atoms with Crippen LogP contribution in [0.4, 0.5) is 4.39 Å². The van der Waals surface area contributed by atoms with E-state index in [0.29, 0.717) is 32.6 Å². The lowest BCUT2D eigenvalue weighted by Gasteiger charge is -2.37. The monoisotopic (exact) mass is 328 g/mol. The molecular weight excluding hydrogens is 311 g/mol. The fourth-order valence-corrected chi connectivity index (χ4v) is 2.91. The fraction of sp³-hybridized carbons (Fsp3) is 0.467. The summed E-state index contributed by atoms with van der Waals surface area (Å²) in [4.78, 5) is 27.0. The van der Waals surface area contributed by atoms with Gasteiger partial charge in [0.25, 0.3) is 5.91 Å². The Hall–Kier alpha value is -1.66. The zero-order chi connectivity index (χ0) is 16.3. The van der Waals surface area contributed by atoms with Crippen molar-refractivity contribution in [3.8, 4) is 0 Å². The van der Waals surface area contributed by atoms with Gasteiger partial charge in [-0.3, -0.25) is 14.5 Å². The van der Waals surface area contributed by atoms with Gasteiger partial charge in [-0.05, 0) is 24.6 Å². The zero-order valence-corrected chi connectivity index (χ0v) is 13.0. The second-order valence-corrected chi connectivity index (χ2v) is 5.62. The Bertz CT molecular complexity index is 574. The summed E-state index contributed by atoms with van der Waals surface area (Å²) in [6.45, 7) is 3.67. The van der Waals surface area contributed by atoms with Crippen molar-refractivity contribution >= 4 is 23.5 Å². The third-order valence-corrected chi connectivity index (χ3v) is 4.19. The molecule has 1 unspecified atom stereocenters. The molecule has 1 atom stereocenters. The first-order valence-electron chi connectivity index (χ1n) is 7.15. The molecule has 120 valence electrons. The topological polar surface area (TPSA) is 60.9 Å². The maximum absolute atomic E-state index is 13.0. The third kappa shape index (κ3) is 3.56. The van der Waals surface area contributed by atoms with Gasteiger partial charge >= 0.3 is 5.97 Å². The summed E-state index contributed by atoms with van der Waals surface area (Å²) >= 11 is 5.91. The number of carbonyl (C=O) groups is 2. The molecule has 1 amide bonds. The predicted molar refractivity (Wildman–Crippen MR) is 80.6 cm³/mol. The predicted octanol–water partition coefficient (Wildman–Crippen LogP) is 2.10. The second-order valence-electron chi connectivity index (χ2n) is 5.21. The number of piperazine rings is 1. The quantitative estimate of drug-likeness (QED) is 0.919. The number of aliphatic carboxylic acids is 1. The summed E-state index contributed by atoms with van der Waals surface area (Å²) < 4.78 is 13.0. The van der Waals surface area contributed by atoms with Crippen LogP contribution in [0.5, 0.6) is 0 Å². The molecule has 2 rings (SSSR count). The normalized spacial score (nSPS) is 17.3. The minimum absolute atomic E-state index is 0.0874. The average Bonchev–Trinajstić information content (AvgIpc) is 2.47. The highest BCUT2D eigenvalue weighted by Crippen LogP contribution is 2.20. The largest absolute Gasteiger partial charge is 0.480 e. The summed E-state index contributed by atoms with van der Waals surface area (Å²) in [6, 6.07) is 3.17. The molecule has 22 heavy (non-hydrogen) atoms. The van der Waals surface area contributed by atoms with E-state index in [0.717, 1.165) is 6.07 Å². The lowest BCUT2D eigenvalue weighted by molar-refractivity contribution is -0.144. The first kappa shape index (κ1) is 16.7. The number of hydrogen-bond acceptors (Lipinski definition) is 3. The van der Waals surface area contributed by atoms with Crippen molar-refractivity contribution in [2.24, 2.45) is 0 Å². The van der Waals surface area contributed by atoms with Crippen molar-refractivity contribution in [3.63, 3.8) is 0 Å². The van der Waals surface area contributed by atoms with E-state index in [-0.39, 0.29) is 16.5 Å². The van der Waals surface area contributed by atoms with Crippen LogP contribution in [0.3, 0.4) is 0 Å². The molecule has 1 heterocycles. The van der Waals surface area contributed by atoms with Gasteiger partial charge in [-0.2, -0.15) is 0 Å². The number of amides is 1. The highest BCUT2D eigenvalue weighted by molar-refractivity contribution is 6.33. The summed E-state index contributed by atoms with van der Waals surface area (Å²) in [5.74, 6) is -1.59. The molecular formula is C15H18ClFN2O3. The van der Waals surface area contributed by atoms with E-state index in [1.165, 1.54) is 12.1 Å². The summed E-state index contributed by atoms with van der Waals surface area (Å²) in [6.07, 6.45) is 0.521. The average molecular weight is 329 g/mol. The number of carbonyl (C=O) groups excluding carboxylic acids is 1. The number of hydrogen-bond donors (Lipinski definition) is 1. The van der Waals surface area contributed by atoms with E-state index >= 15 is 0 Å². The molecule has 0 aliphatic carbocycles. The van der Waals surface area contributed by atoms with Crippen LogP contribution in [-0.4, -0.2) is 59.0 Å². The maximum atomic E-state index is 13.0. The maximum Gasteiger partial charge on any atom is 0.320 e. The van der Waals surface area contributed by atoms with Crippen molar-refractivity contribution in [2.45, 2.75) is 19.4 Å². The molecule has 1 aromatic carbocycles. The van der Waals surface area contributed by atoms with E-state index in [2.05, 4.69) is 0 Å². The van der Waals surface area contributed by atoms with Gasteiger partial charge in [-0.25, -0.2) is 4.39 Å². The van der Waals surface area contributed by atoms with Crippen LogP contribution in [-0.2, 0) is 4.79 Å². The first-order valence-corrected chi connectivity index (χ1v) is 7.53. The number of halogens is 2.